The molecule has 3 aliphatic rings. The number of likely N-dealkylation sites (tertiary alicyclic amines) is 1. The highest BCUT2D eigenvalue weighted by Gasteiger charge is 2.50. The molecule has 1 aromatic rings. The molecule has 6 unspecified atom stereocenters. The fourth-order valence-electron chi connectivity index (χ4n) is 8.30. The number of allylic oxidation sites excluding steroid dienone is 7. The first kappa shape index (κ1) is 60.1. The lowest BCUT2D eigenvalue weighted by Gasteiger charge is -2.38. The van der Waals surface area contributed by atoms with E-state index >= 15 is 0 Å². The molecule has 374 valence electrons. The van der Waals surface area contributed by atoms with Crippen molar-refractivity contribution in [2.75, 3.05) is 38.7 Å². The first-order valence-corrected chi connectivity index (χ1v) is 25.0. The Labute approximate surface area is 398 Å². The van der Waals surface area contributed by atoms with Crippen molar-refractivity contribution in [3.8, 4) is 0 Å². The summed E-state index contributed by atoms with van der Waals surface area (Å²) in [6, 6.07) is 8.81. The van der Waals surface area contributed by atoms with Crippen LogP contribution >= 0.6 is 0 Å². The van der Waals surface area contributed by atoms with E-state index in [1.54, 1.807) is 6.92 Å². The van der Waals surface area contributed by atoms with Gasteiger partial charge in [-0.15, -0.1) is 0 Å². The van der Waals surface area contributed by atoms with E-state index in [0.29, 0.717) is 44.8 Å². The molecule has 2 aliphatic heterocycles. The van der Waals surface area contributed by atoms with Crippen LogP contribution in [-0.2, 0) is 28.7 Å². The zero-order chi connectivity index (χ0) is 49.2. The summed E-state index contributed by atoms with van der Waals surface area (Å²) in [6.45, 7) is 12.8. The maximum absolute atomic E-state index is 12.4. The van der Waals surface area contributed by atoms with Gasteiger partial charge in [0.05, 0.1) is 25.4 Å². The van der Waals surface area contributed by atoms with Gasteiger partial charge in [-0.1, -0.05) is 127 Å². The number of anilines is 1. The zero-order valence-corrected chi connectivity index (χ0v) is 41.6. The number of nitrogens with one attached hydrogen (secondary N) is 1. The molecule has 1 saturated carbocycles. The van der Waals surface area contributed by atoms with Gasteiger partial charge in [-0.2, -0.15) is 0 Å². The highest BCUT2D eigenvalue weighted by Crippen LogP contribution is 2.32. The number of carbonyl (C=O) groups excluding carboxylic acids is 3. The molecule has 12 heteroatoms. The summed E-state index contributed by atoms with van der Waals surface area (Å²) in [4.78, 5) is 49.4. The summed E-state index contributed by atoms with van der Waals surface area (Å²) < 4.78 is 10.7. The number of rotatable bonds is 23. The number of hydrogen-bond donors (Lipinski definition) is 5. The molecule has 4 rings (SSSR count). The molecule has 0 spiro atoms. The minimum absolute atomic E-state index is 0.0139. The molecule has 7 atom stereocenters. The van der Waals surface area contributed by atoms with Gasteiger partial charge in [0.2, 0.25) is 5.79 Å². The number of nitrogens with zero attached hydrogens (tertiary/aromatic N) is 1. The number of unbranched alkanes of at least 4 members (excludes halogenated alkanes) is 4. The zero-order valence-electron chi connectivity index (χ0n) is 41.6. The Bertz CT molecular complexity index is 1610. The van der Waals surface area contributed by atoms with Gasteiger partial charge in [-0.3, -0.25) is 14.4 Å². The highest BCUT2D eigenvalue weighted by atomic mass is 16.6. The lowest BCUT2D eigenvalue weighted by atomic mass is 9.84. The van der Waals surface area contributed by atoms with Crippen LogP contribution in [0.1, 0.15) is 157 Å². The predicted octanol–water partition coefficient (Wildman–Crippen LogP) is 10.2. The second-order valence-corrected chi connectivity index (χ2v) is 17.6. The quantitative estimate of drug-likeness (QED) is 0.0305. The number of hydrogen-bond acceptors (Lipinski definition) is 10. The number of para-hydroxylation sites is 1. The molecular weight excluding hydrogens is 837 g/mol. The lowest BCUT2D eigenvalue weighted by Crippen LogP contribution is -2.59. The van der Waals surface area contributed by atoms with Crippen LogP contribution in [0.25, 0.3) is 0 Å². The van der Waals surface area contributed by atoms with E-state index in [1.165, 1.54) is 51.4 Å². The average molecular weight is 925 g/mol. The van der Waals surface area contributed by atoms with E-state index in [-0.39, 0.29) is 37.9 Å². The third-order valence-corrected chi connectivity index (χ3v) is 12.6. The number of piperidine rings is 1. The maximum Gasteiger partial charge on any atom is 0.326 e. The van der Waals surface area contributed by atoms with E-state index in [2.05, 4.69) is 17.5 Å². The van der Waals surface area contributed by atoms with E-state index in [1.807, 2.05) is 102 Å². The van der Waals surface area contributed by atoms with Crippen molar-refractivity contribution >= 4 is 29.1 Å². The Kier molecular flexibility index (Phi) is 32.9. The highest BCUT2D eigenvalue weighted by molar-refractivity contribution is 6.39. The van der Waals surface area contributed by atoms with Gasteiger partial charge >= 0.3 is 5.97 Å². The number of methoxy groups -OCH3 is 1. The molecule has 1 aliphatic carbocycles. The lowest BCUT2D eigenvalue weighted by molar-refractivity contribution is -0.240. The van der Waals surface area contributed by atoms with Gasteiger partial charge < -0.3 is 40.1 Å². The Morgan fingerprint density at radius 3 is 2.32 bits per heavy atom. The molecule has 2 heterocycles. The number of aliphatic hydroxyl groups is 3. The fourth-order valence-corrected chi connectivity index (χ4v) is 8.30. The maximum atomic E-state index is 12.4. The van der Waals surface area contributed by atoms with Crippen LogP contribution < -0.4 is 5.32 Å². The molecule has 12 nitrogen and oxygen atoms in total. The van der Waals surface area contributed by atoms with E-state index < -0.39 is 41.5 Å². The van der Waals surface area contributed by atoms with Crippen molar-refractivity contribution in [2.45, 2.75) is 181 Å². The van der Waals surface area contributed by atoms with Crippen LogP contribution in [0.5, 0.6) is 0 Å². The van der Waals surface area contributed by atoms with Crippen molar-refractivity contribution < 1.29 is 49.1 Å². The van der Waals surface area contributed by atoms with Crippen LogP contribution in [0.15, 0.2) is 78.4 Å². The number of aliphatic hydroxyl groups excluding tert-OH is 2. The Hall–Kier alpha value is -3.94. The molecule has 2 saturated heterocycles. The normalized spacial score (nSPS) is 23.1. The van der Waals surface area contributed by atoms with Gasteiger partial charge in [0, 0.05) is 44.1 Å². The fraction of sp³-hybridized carbons (Fsp3) is 0.667. The molecular formula is C54H88N2O10. The molecule has 1 amide bonds. The number of ether oxygens (including phenoxy) is 2. The minimum atomic E-state index is -2.13. The standard InChI is InChI=1S/C30H50O3.C14H21NO6.C8H11NO.C2H6/c1-5-6-7-8-9-11-14-18-25(2)29(31)24-30(32)26(3)19-15-12-10-13-16-20-27-21-17-22-28(23-27)33-4;1-9-5-4-8-21-14(9,20)11(16)12(17)15-7-3-2-6-10(15)13(18)19;10-7-6-9-8-4-2-1-3-5-8;1-2/h5-9,11,19,25,27-28,30,32H,10,12-18,20-24H2,1-4H3;9-10,20H,2-8H2,1H3,(H,18,19);1-5,9-10H,6-7H2;1-2H3/b6-5-,8-7+,11-9+,26-19+;;;/t;9?,10-,14?;;/m.0../s1. The van der Waals surface area contributed by atoms with Crippen LogP contribution in [0, 0.1) is 17.8 Å². The summed E-state index contributed by atoms with van der Waals surface area (Å²) >= 11 is 0. The number of ketones is 2. The van der Waals surface area contributed by atoms with Crippen molar-refractivity contribution in [1.29, 1.82) is 0 Å². The Morgan fingerprint density at radius 2 is 1.65 bits per heavy atom. The minimum Gasteiger partial charge on any atom is -0.480 e. The van der Waals surface area contributed by atoms with Gasteiger partial charge in [0.15, 0.2) is 0 Å². The summed E-state index contributed by atoms with van der Waals surface area (Å²) in [7, 11) is 1.85. The van der Waals surface area contributed by atoms with Crippen LogP contribution in [-0.4, -0.2) is 106 Å². The van der Waals surface area contributed by atoms with E-state index in [9.17, 15) is 29.4 Å². The first-order chi connectivity index (χ1) is 31.8. The average Bonchev–Trinajstić information content (AvgIpc) is 3.34. The number of aliphatic carboxylic acids is 1. The van der Waals surface area contributed by atoms with Crippen molar-refractivity contribution in [3.63, 3.8) is 0 Å². The van der Waals surface area contributed by atoms with Crippen LogP contribution in [0.3, 0.4) is 0 Å². The number of carboxylic acids is 1. The topological polar surface area (TPSA) is 183 Å². The second kappa shape index (κ2) is 36.1. The number of benzene rings is 1. The smallest absolute Gasteiger partial charge is 0.326 e. The van der Waals surface area contributed by atoms with Gasteiger partial charge in [-0.05, 0) is 108 Å². The van der Waals surface area contributed by atoms with E-state index in [0.717, 1.165) is 47.8 Å². The first-order valence-electron chi connectivity index (χ1n) is 25.0. The summed E-state index contributed by atoms with van der Waals surface area (Å²) in [5.41, 5.74) is 1.99. The Balaban J connectivity index is 0.000000555. The van der Waals surface area contributed by atoms with Crippen molar-refractivity contribution in [1.82, 2.24) is 4.90 Å². The van der Waals surface area contributed by atoms with Gasteiger partial charge in [-0.25, -0.2) is 4.79 Å². The molecule has 5 N–H and O–H groups in total. The molecule has 3 fully saturated rings. The van der Waals surface area contributed by atoms with E-state index in [4.69, 9.17) is 19.7 Å². The Morgan fingerprint density at radius 1 is 0.939 bits per heavy atom. The largest absolute Gasteiger partial charge is 0.480 e. The SMILES string of the molecule is CC.CC1CCCOC1(O)C(=O)C(=O)N1CCCC[C@H]1C(=O)O.C\C=C/C=C/C=C/CCC(C)C(=O)CC(O)/C(C)=C/CCCCCCC1CCCC(OC)C1.OCCNc1ccccc1. The number of amides is 1. The molecule has 66 heavy (non-hydrogen) atoms. The molecule has 0 bridgehead atoms. The number of carboxylic acid groups (broad SMARTS) is 1. The summed E-state index contributed by atoms with van der Waals surface area (Å²) in [5, 5.41) is 41.5. The molecule has 1 aromatic carbocycles. The number of Topliss-reactive ketones (excluding diaryl/α,β-unsaturated/α-hetero) is 2. The summed E-state index contributed by atoms with van der Waals surface area (Å²) in [5.74, 6) is -4.75. The monoisotopic (exact) mass is 925 g/mol. The van der Waals surface area contributed by atoms with Crippen molar-refractivity contribution in [2.24, 2.45) is 17.8 Å². The number of carbonyl (C=O) groups is 4. The predicted molar refractivity (Wildman–Crippen MR) is 266 cm³/mol. The molecule has 0 aromatic heterocycles. The summed E-state index contributed by atoms with van der Waals surface area (Å²) in [6.07, 6.45) is 31.5. The van der Waals surface area contributed by atoms with Crippen molar-refractivity contribution in [3.05, 3.63) is 78.4 Å². The molecule has 0 radical (unpaired) electrons. The van der Waals surface area contributed by atoms with Crippen LogP contribution in [0.4, 0.5) is 5.69 Å². The van der Waals surface area contributed by atoms with Crippen LogP contribution in [0.2, 0.25) is 0 Å². The second-order valence-electron chi connectivity index (χ2n) is 17.6. The third-order valence-electron chi connectivity index (χ3n) is 12.6. The van der Waals surface area contributed by atoms with Gasteiger partial charge in [0.1, 0.15) is 11.8 Å². The third kappa shape index (κ3) is 23.7. The van der Waals surface area contributed by atoms with Gasteiger partial charge in [0.25, 0.3) is 11.7 Å².